The average Bonchev–Trinajstić information content (AvgIpc) is 3.52. The minimum Gasteiger partial charge on any atom is -0.469 e. The lowest BCUT2D eigenvalue weighted by Crippen LogP contribution is -2.54. The fourth-order valence-electron chi connectivity index (χ4n) is 4.52. The van der Waals surface area contributed by atoms with E-state index < -0.39 is 0 Å². The molecule has 180 valence electrons. The van der Waals surface area contributed by atoms with Crippen LogP contribution in [0.5, 0.6) is 0 Å². The maximum absolute atomic E-state index is 12.6. The zero-order valence-electron chi connectivity index (χ0n) is 19.0. The number of hydrogen-bond acceptors (Lipinski definition) is 5. The Hall–Kier alpha value is -1.33. The number of halogens is 1. The summed E-state index contributed by atoms with van der Waals surface area (Å²) in [5, 5.41) is 3.54. The van der Waals surface area contributed by atoms with E-state index in [-0.39, 0.29) is 24.0 Å². The number of piperidine rings is 1. The summed E-state index contributed by atoms with van der Waals surface area (Å²) in [4.78, 5) is 24.2. The highest BCUT2D eigenvalue weighted by atomic mass is 127. The molecule has 1 aromatic heterocycles. The molecule has 1 amide bonds. The molecule has 1 unspecified atom stereocenters. The quantitative estimate of drug-likeness (QED) is 0.314. The number of ether oxygens (including phenoxy) is 1. The van der Waals surface area contributed by atoms with Crippen LogP contribution in [0.3, 0.4) is 0 Å². The highest BCUT2D eigenvalue weighted by Gasteiger charge is 2.24. The number of likely N-dealkylation sites (tertiary alicyclic amines) is 1. The summed E-state index contributed by atoms with van der Waals surface area (Å²) in [6, 6.07) is 3.93. The predicted octanol–water partition coefficient (Wildman–Crippen LogP) is 2.05. The van der Waals surface area contributed by atoms with Crippen LogP contribution in [0.2, 0.25) is 0 Å². The maximum Gasteiger partial charge on any atom is 0.236 e. The summed E-state index contributed by atoms with van der Waals surface area (Å²) in [5.41, 5.74) is 0. The Morgan fingerprint density at radius 3 is 2.59 bits per heavy atom. The third-order valence-corrected chi connectivity index (χ3v) is 6.50. The van der Waals surface area contributed by atoms with Crippen molar-refractivity contribution in [3.8, 4) is 0 Å². The van der Waals surface area contributed by atoms with E-state index in [1.54, 1.807) is 6.26 Å². The highest BCUT2D eigenvalue weighted by molar-refractivity contribution is 14.0. The molecule has 0 bridgehead atoms. The third kappa shape index (κ3) is 7.62. The summed E-state index contributed by atoms with van der Waals surface area (Å²) in [5.74, 6) is 2.77. The van der Waals surface area contributed by atoms with E-state index in [0.717, 1.165) is 103 Å². The number of nitrogens with zero attached hydrogens (tertiary/aromatic N) is 4. The average molecular weight is 559 g/mol. The number of amides is 1. The van der Waals surface area contributed by atoms with Gasteiger partial charge in [-0.1, -0.05) is 0 Å². The van der Waals surface area contributed by atoms with Gasteiger partial charge in [-0.2, -0.15) is 0 Å². The number of rotatable bonds is 7. The van der Waals surface area contributed by atoms with E-state index in [4.69, 9.17) is 14.1 Å². The van der Waals surface area contributed by atoms with Crippen LogP contribution in [-0.2, 0) is 16.0 Å². The SMILES string of the molecule is I.O=C(CN1CCN(C(=NCC2CCOC2)NCCc2ccco2)CC1)N1CCCCC1. The van der Waals surface area contributed by atoms with Crippen LogP contribution in [-0.4, -0.2) is 98.7 Å². The number of aliphatic imine (C=N–C) groups is 1. The summed E-state index contributed by atoms with van der Waals surface area (Å²) in [6.07, 6.45) is 7.20. The smallest absolute Gasteiger partial charge is 0.236 e. The Kier molecular flexibility index (Phi) is 10.6. The normalized spacial score (nSPS) is 22.6. The van der Waals surface area contributed by atoms with Crippen LogP contribution in [0, 0.1) is 5.92 Å². The Balaban J connectivity index is 0.00000289. The first-order valence-corrected chi connectivity index (χ1v) is 11.9. The molecule has 0 spiro atoms. The van der Waals surface area contributed by atoms with Crippen molar-refractivity contribution >= 4 is 35.8 Å². The first-order valence-electron chi connectivity index (χ1n) is 11.9. The first kappa shape index (κ1) is 25.3. The molecule has 0 aliphatic carbocycles. The van der Waals surface area contributed by atoms with Gasteiger partial charge in [-0.05, 0) is 37.8 Å². The van der Waals surface area contributed by atoms with Gasteiger partial charge < -0.3 is 24.3 Å². The molecular formula is C23H38IN5O3. The molecule has 1 aromatic rings. The molecule has 32 heavy (non-hydrogen) atoms. The number of piperazine rings is 1. The first-order chi connectivity index (χ1) is 15.3. The van der Waals surface area contributed by atoms with Crippen LogP contribution in [0.4, 0.5) is 0 Å². The molecule has 3 fully saturated rings. The molecule has 0 aromatic carbocycles. The summed E-state index contributed by atoms with van der Waals surface area (Å²) in [7, 11) is 0. The van der Waals surface area contributed by atoms with Gasteiger partial charge in [0.25, 0.3) is 0 Å². The highest BCUT2D eigenvalue weighted by Crippen LogP contribution is 2.13. The van der Waals surface area contributed by atoms with Gasteiger partial charge >= 0.3 is 0 Å². The number of nitrogens with one attached hydrogen (secondary N) is 1. The number of guanidine groups is 1. The predicted molar refractivity (Wildman–Crippen MR) is 136 cm³/mol. The zero-order chi connectivity index (χ0) is 21.3. The second kappa shape index (κ2) is 13.4. The van der Waals surface area contributed by atoms with Crippen molar-refractivity contribution in [1.29, 1.82) is 0 Å². The lowest BCUT2D eigenvalue weighted by atomic mass is 10.1. The van der Waals surface area contributed by atoms with Crippen LogP contribution in [0.15, 0.2) is 27.8 Å². The molecule has 0 radical (unpaired) electrons. The molecule has 3 saturated heterocycles. The van der Waals surface area contributed by atoms with Crippen molar-refractivity contribution in [1.82, 2.24) is 20.0 Å². The van der Waals surface area contributed by atoms with Crippen LogP contribution in [0.1, 0.15) is 31.4 Å². The van der Waals surface area contributed by atoms with Crippen molar-refractivity contribution in [3.05, 3.63) is 24.2 Å². The minimum absolute atomic E-state index is 0. The molecule has 3 aliphatic heterocycles. The van der Waals surface area contributed by atoms with Gasteiger partial charge in [0, 0.05) is 71.3 Å². The van der Waals surface area contributed by atoms with E-state index in [1.807, 2.05) is 17.0 Å². The van der Waals surface area contributed by atoms with E-state index in [0.29, 0.717) is 18.4 Å². The van der Waals surface area contributed by atoms with Crippen LogP contribution < -0.4 is 5.32 Å². The largest absolute Gasteiger partial charge is 0.469 e. The Morgan fingerprint density at radius 1 is 1.09 bits per heavy atom. The van der Waals surface area contributed by atoms with Gasteiger partial charge in [-0.15, -0.1) is 24.0 Å². The standard InChI is InChI=1S/C23H37N5O3.HI/c29-22(27-9-2-1-3-10-27)18-26-11-13-28(14-12-26)23(25-17-20-7-16-30-19-20)24-8-6-21-5-4-15-31-21;/h4-5,15,20H,1-3,6-14,16-19H2,(H,24,25);1H. The summed E-state index contributed by atoms with van der Waals surface area (Å²) < 4.78 is 11.0. The lowest BCUT2D eigenvalue weighted by Gasteiger charge is -2.37. The molecule has 8 nitrogen and oxygen atoms in total. The minimum atomic E-state index is 0. The Labute approximate surface area is 208 Å². The van der Waals surface area contributed by atoms with E-state index in [1.165, 1.54) is 6.42 Å². The Morgan fingerprint density at radius 2 is 1.91 bits per heavy atom. The second-order valence-corrected chi connectivity index (χ2v) is 8.85. The molecule has 4 heterocycles. The summed E-state index contributed by atoms with van der Waals surface area (Å²) >= 11 is 0. The number of carbonyl (C=O) groups is 1. The number of hydrogen-bond donors (Lipinski definition) is 1. The van der Waals surface area contributed by atoms with Crippen LogP contribution in [0.25, 0.3) is 0 Å². The van der Waals surface area contributed by atoms with E-state index in [2.05, 4.69) is 15.1 Å². The number of carbonyl (C=O) groups excluding carboxylic acids is 1. The molecule has 4 rings (SSSR count). The van der Waals surface area contributed by atoms with Gasteiger partial charge in [0.15, 0.2) is 5.96 Å². The second-order valence-electron chi connectivity index (χ2n) is 8.85. The fourth-order valence-corrected chi connectivity index (χ4v) is 4.52. The molecule has 3 aliphatic rings. The zero-order valence-corrected chi connectivity index (χ0v) is 21.4. The van der Waals surface area contributed by atoms with Crippen molar-refractivity contribution in [2.75, 3.05) is 72.1 Å². The van der Waals surface area contributed by atoms with E-state index in [9.17, 15) is 4.79 Å². The topological polar surface area (TPSA) is 73.5 Å². The lowest BCUT2D eigenvalue weighted by molar-refractivity contribution is -0.133. The Bertz CT molecular complexity index is 694. The van der Waals surface area contributed by atoms with Crippen LogP contribution >= 0.6 is 24.0 Å². The molecule has 1 N–H and O–H groups in total. The molecule has 9 heteroatoms. The third-order valence-electron chi connectivity index (χ3n) is 6.50. The molecule has 1 atom stereocenters. The van der Waals surface area contributed by atoms with E-state index >= 15 is 0 Å². The van der Waals surface area contributed by atoms with Gasteiger partial charge in [-0.3, -0.25) is 14.7 Å². The molecule has 0 saturated carbocycles. The van der Waals surface area contributed by atoms with Crippen molar-refractivity contribution < 1.29 is 13.9 Å². The maximum atomic E-state index is 12.6. The molecular weight excluding hydrogens is 521 g/mol. The monoisotopic (exact) mass is 559 g/mol. The van der Waals surface area contributed by atoms with Crippen molar-refractivity contribution in [2.45, 2.75) is 32.1 Å². The fraction of sp³-hybridized carbons (Fsp3) is 0.739. The van der Waals surface area contributed by atoms with Crippen molar-refractivity contribution in [3.63, 3.8) is 0 Å². The van der Waals surface area contributed by atoms with Gasteiger partial charge in [0.1, 0.15) is 5.76 Å². The number of furan rings is 1. The van der Waals surface area contributed by atoms with Gasteiger partial charge in [0.05, 0.1) is 19.4 Å². The van der Waals surface area contributed by atoms with Gasteiger partial charge in [0.2, 0.25) is 5.91 Å². The van der Waals surface area contributed by atoms with Gasteiger partial charge in [-0.25, -0.2) is 0 Å². The van der Waals surface area contributed by atoms with Crippen molar-refractivity contribution in [2.24, 2.45) is 10.9 Å². The summed E-state index contributed by atoms with van der Waals surface area (Å²) in [6.45, 7) is 9.24.